The van der Waals surface area contributed by atoms with Crippen LogP contribution in [0.1, 0.15) is 19.0 Å². The topological polar surface area (TPSA) is 98.3 Å². The molecule has 1 aromatic heterocycles. The predicted octanol–water partition coefficient (Wildman–Crippen LogP) is 3.94. The smallest absolute Gasteiger partial charge is 0.311 e. The summed E-state index contributed by atoms with van der Waals surface area (Å²) in [6, 6.07) is 14.3. The Balaban J connectivity index is 1.42. The fourth-order valence-electron chi connectivity index (χ4n) is 3.90. The molecule has 0 spiro atoms. The van der Waals surface area contributed by atoms with Crippen LogP contribution in [0.4, 0.5) is 16.5 Å². The lowest BCUT2D eigenvalue weighted by Gasteiger charge is -2.20. The Morgan fingerprint density at radius 3 is 2.49 bits per heavy atom. The summed E-state index contributed by atoms with van der Waals surface area (Å²) in [5.74, 6) is -0.354. The fraction of sp³-hybridized carbons (Fsp3) is 0.280. The van der Waals surface area contributed by atoms with Gasteiger partial charge in [-0.05, 0) is 24.3 Å². The lowest BCUT2D eigenvalue weighted by atomic mass is 10.1. The Kier molecular flexibility index (Phi) is 7.31. The highest BCUT2D eigenvalue weighted by molar-refractivity contribution is 7.14. The van der Waals surface area contributed by atoms with Crippen molar-refractivity contribution in [2.75, 3.05) is 30.6 Å². The number of rotatable bonds is 8. The second-order valence-corrected chi connectivity index (χ2v) is 8.67. The van der Waals surface area contributed by atoms with E-state index in [9.17, 15) is 14.4 Å². The van der Waals surface area contributed by atoms with Gasteiger partial charge in [-0.25, -0.2) is 4.98 Å². The van der Waals surface area contributed by atoms with Gasteiger partial charge in [-0.15, -0.1) is 11.3 Å². The van der Waals surface area contributed by atoms with E-state index >= 15 is 0 Å². The van der Waals surface area contributed by atoms with E-state index < -0.39 is 11.9 Å². The largest absolute Gasteiger partial charge is 0.495 e. The van der Waals surface area contributed by atoms with Gasteiger partial charge in [-0.1, -0.05) is 24.3 Å². The molecule has 4 rings (SSSR count). The van der Waals surface area contributed by atoms with Crippen molar-refractivity contribution in [2.45, 2.75) is 20.0 Å². The number of esters is 1. The van der Waals surface area contributed by atoms with Crippen molar-refractivity contribution < 1.29 is 28.6 Å². The summed E-state index contributed by atoms with van der Waals surface area (Å²) in [6.07, 6.45) is 0.0606. The van der Waals surface area contributed by atoms with Gasteiger partial charge in [0.1, 0.15) is 18.1 Å². The SMILES string of the molecule is COc1ccccc1N1CC(C(=O)OCc2csc(N(C(C)=O)c3ccccc3OC)n2)CC1=O. The number of ether oxygens (including phenoxy) is 3. The molecular formula is C25H25N3O6S. The van der Waals surface area contributed by atoms with Gasteiger partial charge in [0.25, 0.3) is 0 Å². The molecule has 0 radical (unpaired) electrons. The molecule has 35 heavy (non-hydrogen) atoms. The van der Waals surface area contributed by atoms with Gasteiger partial charge in [0.15, 0.2) is 5.13 Å². The van der Waals surface area contributed by atoms with Gasteiger partial charge in [0.2, 0.25) is 11.8 Å². The molecule has 1 unspecified atom stereocenters. The highest BCUT2D eigenvalue weighted by Crippen LogP contribution is 2.36. The van der Waals surface area contributed by atoms with Gasteiger partial charge in [0, 0.05) is 25.3 Å². The molecule has 1 aliphatic rings. The summed E-state index contributed by atoms with van der Waals surface area (Å²) in [6.45, 7) is 1.59. The fourth-order valence-corrected chi connectivity index (χ4v) is 4.77. The summed E-state index contributed by atoms with van der Waals surface area (Å²) >= 11 is 1.26. The average molecular weight is 496 g/mol. The summed E-state index contributed by atoms with van der Waals surface area (Å²) in [5.41, 5.74) is 1.70. The van der Waals surface area contributed by atoms with Crippen molar-refractivity contribution in [1.29, 1.82) is 0 Å². The van der Waals surface area contributed by atoms with E-state index in [0.717, 1.165) is 0 Å². The Hall–Kier alpha value is -3.92. The second kappa shape index (κ2) is 10.6. The van der Waals surface area contributed by atoms with E-state index in [1.54, 1.807) is 40.6 Å². The zero-order valence-corrected chi connectivity index (χ0v) is 20.4. The van der Waals surface area contributed by atoms with Crippen LogP contribution in [0.25, 0.3) is 0 Å². The second-order valence-electron chi connectivity index (χ2n) is 7.83. The molecule has 10 heteroatoms. The van der Waals surface area contributed by atoms with E-state index in [-0.39, 0.29) is 31.4 Å². The highest BCUT2D eigenvalue weighted by atomic mass is 32.1. The van der Waals surface area contributed by atoms with E-state index in [1.807, 2.05) is 18.2 Å². The van der Waals surface area contributed by atoms with Crippen molar-refractivity contribution in [3.63, 3.8) is 0 Å². The third-order valence-electron chi connectivity index (χ3n) is 5.57. The van der Waals surface area contributed by atoms with Crippen LogP contribution in [0.3, 0.4) is 0 Å². The molecule has 182 valence electrons. The Labute approximate surface area is 206 Å². The minimum absolute atomic E-state index is 0.0606. The van der Waals surface area contributed by atoms with Gasteiger partial charge >= 0.3 is 5.97 Å². The minimum atomic E-state index is -0.590. The molecule has 0 N–H and O–H groups in total. The van der Waals surface area contributed by atoms with Gasteiger partial charge < -0.3 is 19.1 Å². The summed E-state index contributed by atoms with van der Waals surface area (Å²) in [4.78, 5) is 45.1. The number of para-hydroxylation sites is 4. The number of amides is 2. The molecule has 1 fully saturated rings. The number of carbonyl (C=O) groups excluding carboxylic acids is 3. The monoisotopic (exact) mass is 495 g/mol. The van der Waals surface area contributed by atoms with E-state index in [1.165, 1.54) is 37.4 Å². The standard InChI is InChI=1S/C25H25N3O6S/c1-16(29)28(20-9-5-7-11-22(20)33-3)25-26-18(15-35-25)14-34-24(31)17-12-23(30)27(13-17)19-8-4-6-10-21(19)32-2/h4-11,15,17H,12-14H2,1-3H3. The van der Waals surface area contributed by atoms with Crippen molar-refractivity contribution in [2.24, 2.45) is 5.92 Å². The number of nitrogens with zero attached hydrogens (tertiary/aromatic N) is 3. The zero-order valence-electron chi connectivity index (χ0n) is 19.6. The highest BCUT2D eigenvalue weighted by Gasteiger charge is 2.37. The minimum Gasteiger partial charge on any atom is -0.495 e. The maximum Gasteiger partial charge on any atom is 0.311 e. The first-order valence-electron chi connectivity index (χ1n) is 10.9. The summed E-state index contributed by atoms with van der Waals surface area (Å²) in [5, 5.41) is 2.17. The quantitative estimate of drug-likeness (QED) is 0.437. The average Bonchev–Trinajstić information content (AvgIpc) is 3.49. The number of carbonyl (C=O) groups is 3. The van der Waals surface area contributed by atoms with E-state index in [0.29, 0.717) is 33.7 Å². The molecule has 2 heterocycles. The molecule has 3 aromatic rings. The van der Waals surface area contributed by atoms with Crippen molar-refractivity contribution in [1.82, 2.24) is 4.98 Å². The van der Waals surface area contributed by atoms with Crippen molar-refractivity contribution in [3.05, 3.63) is 59.6 Å². The first kappa shape index (κ1) is 24.2. The van der Waals surface area contributed by atoms with Crippen LogP contribution in [-0.2, 0) is 25.7 Å². The molecular weight excluding hydrogens is 470 g/mol. The van der Waals surface area contributed by atoms with Gasteiger partial charge in [0.05, 0.1) is 37.2 Å². The van der Waals surface area contributed by atoms with Gasteiger partial charge in [-0.2, -0.15) is 0 Å². The van der Waals surface area contributed by atoms with Crippen LogP contribution in [0.15, 0.2) is 53.9 Å². The number of methoxy groups -OCH3 is 2. The Bertz CT molecular complexity index is 1240. The van der Waals surface area contributed by atoms with Crippen molar-refractivity contribution in [3.8, 4) is 11.5 Å². The molecule has 2 aromatic carbocycles. The molecule has 0 aliphatic carbocycles. The lowest BCUT2D eigenvalue weighted by Crippen LogP contribution is -2.26. The van der Waals surface area contributed by atoms with Crippen LogP contribution in [0.2, 0.25) is 0 Å². The van der Waals surface area contributed by atoms with Crippen LogP contribution in [0.5, 0.6) is 11.5 Å². The molecule has 1 saturated heterocycles. The van der Waals surface area contributed by atoms with Crippen LogP contribution in [-0.4, -0.2) is 43.5 Å². The third kappa shape index (κ3) is 5.12. The van der Waals surface area contributed by atoms with Crippen LogP contribution in [0, 0.1) is 5.92 Å². The molecule has 2 amide bonds. The summed E-state index contributed by atoms with van der Waals surface area (Å²) in [7, 11) is 3.07. The zero-order chi connectivity index (χ0) is 24.9. The van der Waals surface area contributed by atoms with Gasteiger partial charge in [-0.3, -0.25) is 19.3 Å². The predicted molar refractivity (Wildman–Crippen MR) is 131 cm³/mol. The normalized spacial score (nSPS) is 15.1. The number of anilines is 3. The molecule has 0 bridgehead atoms. The molecule has 9 nitrogen and oxygen atoms in total. The molecule has 1 atom stereocenters. The number of thiazole rings is 1. The maximum atomic E-state index is 12.7. The number of hydrogen-bond acceptors (Lipinski definition) is 8. The maximum absolute atomic E-state index is 12.7. The first-order chi connectivity index (χ1) is 16.9. The van der Waals surface area contributed by atoms with E-state index in [4.69, 9.17) is 14.2 Å². The first-order valence-corrected chi connectivity index (χ1v) is 11.8. The van der Waals surface area contributed by atoms with Crippen LogP contribution < -0.4 is 19.3 Å². The van der Waals surface area contributed by atoms with Crippen LogP contribution >= 0.6 is 11.3 Å². The molecule has 1 aliphatic heterocycles. The lowest BCUT2D eigenvalue weighted by molar-refractivity contribution is -0.149. The Morgan fingerprint density at radius 2 is 1.77 bits per heavy atom. The number of aromatic nitrogens is 1. The number of hydrogen-bond donors (Lipinski definition) is 0. The third-order valence-corrected chi connectivity index (χ3v) is 6.44. The van der Waals surface area contributed by atoms with Crippen molar-refractivity contribution >= 4 is 45.6 Å². The van der Waals surface area contributed by atoms with E-state index in [2.05, 4.69) is 4.98 Å². The summed E-state index contributed by atoms with van der Waals surface area (Å²) < 4.78 is 16.2. The number of benzene rings is 2. The molecule has 0 saturated carbocycles. The Morgan fingerprint density at radius 1 is 1.09 bits per heavy atom.